The molecule has 0 radical (unpaired) electrons. The number of likely N-dealkylation sites (N-methyl/N-ethyl adjacent to an activating group) is 1. The molecule has 1 N–H and O–H groups in total. The van der Waals surface area contributed by atoms with E-state index in [9.17, 15) is 0 Å². The monoisotopic (exact) mass is 349 g/mol. The Kier molecular flexibility index (Phi) is 6.89. The van der Waals surface area contributed by atoms with Gasteiger partial charge in [0.1, 0.15) is 0 Å². The summed E-state index contributed by atoms with van der Waals surface area (Å²) >= 11 is 16.6. The SMILES string of the molecule is CCC1SCCSC1C(Cc1cc(Cl)ccc1Cl)NC. The van der Waals surface area contributed by atoms with E-state index in [1.165, 1.54) is 17.9 Å². The van der Waals surface area contributed by atoms with Crippen LogP contribution in [0.5, 0.6) is 0 Å². The molecule has 1 aliphatic heterocycles. The van der Waals surface area contributed by atoms with Crippen LogP contribution in [0.25, 0.3) is 0 Å². The van der Waals surface area contributed by atoms with E-state index in [0.717, 1.165) is 27.3 Å². The van der Waals surface area contributed by atoms with Crippen LogP contribution in [-0.4, -0.2) is 35.1 Å². The summed E-state index contributed by atoms with van der Waals surface area (Å²) in [5.41, 5.74) is 1.14. The van der Waals surface area contributed by atoms with Crippen molar-refractivity contribution >= 4 is 46.7 Å². The summed E-state index contributed by atoms with van der Waals surface area (Å²) in [7, 11) is 2.05. The van der Waals surface area contributed by atoms with Crippen LogP contribution in [0.1, 0.15) is 18.9 Å². The maximum atomic E-state index is 6.31. The minimum atomic E-state index is 0.439. The summed E-state index contributed by atoms with van der Waals surface area (Å²) in [6.07, 6.45) is 2.16. The van der Waals surface area contributed by atoms with E-state index in [4.69, 9.17) is 23.2 Å². The highest BCUT2D eigenvalue weighted by atomic mass is 35.5. The summed E-state index contributed by atoms with van der Waals surface area (Å²) in [5.74, 6) is 2.52. The molecule has 0 saturated carbocycles. The molecule has 1 aliphatic rings. The molecular formula is C15H21Cl2NS2. The second kappa shape index (κ2) is 8.19. The molecule has 3 unspecified atom stereocenters. The van der Waals surface area contributed by atoms with Crippen LogP contribution < -0.4 is 5.32 Å². The first-order valence-corrected chi connectivity index (χ1v) is 9.85. The average molecular weight is 350 g/mol. The lowest BCUT2D eigenvalue weighted by Gasteiger charge is -2.36. The van der Waals surface area contributed by atoms with Gasteiger partial charge in [-0.15, -0.1) is 0 Å². The van der Waals surface area contributed by atoms with E-state index >= 15 is 0 Å². The minimum Gasteiger partial charge on any atom is -0.316 e. The number of rotatable bonds is 5. The number of thioether (sulfide) groups is 2. The van der Waals surface area contributed by atoms with Gasteiger partial charge in [-0.3, -0.25) is 0 Å². The Labute approximate surface area is 140 Å². The Morgan fingerprint density at radius 2 is 2.05 bits per heavy atom. The minimum absolute atomic E-state index is 0.439. The third-order valence-corrected chi connectivity index (χ3v) is 7.72. The zero-order chi connectivity index (χ0) is 14.5. The molecule has 112 valence electrons. The highest BCUT2D eigenvalue weighted by Crippen LogP contribution is 2.36. The van der Waals surface area contributed by atoms with Crippen molar-refractivity contribution < 1.29 is 0 Å². The van der Waals surface area contributed by atoms with Crippen molar-refractivity contribution in [1.82, 2.24) is 5.32 Å². The van der Waals surface area contributed by atoms with Crippen LogP contribution >= 0.6 is 46.7 Å². The number of hydrogen-bond donors (Lipinski definition) is 1. The van der Waals surface area contributed by atoms with Gasteiger partial charge in [0.05, 0.1) is 0 Å². The molecule has 0 aromatic heterocycles. The summed E-state index contributed by atoms with van der Waals surface area (Å²) in [6, 6.07) is 6.18. The molecule has 0 amide bonds. The Morgan fingerprint density at radius 1 is 1.30 bits per heavy atom. The normalized spacial score (nSPS) is 24.6. The first-order valence-electron chi connectivity index (χ1n) is 7.00. The fraction of sp³-hybridized carbons (Fsp3) is 0.600. The van der Waals surface area contributed by atoms with Crippen molar-refractivity contribution in [3.63, 3.8) is 0 Å². The lowest BCUT2D eigenvalue weighted by Crippen LogP contribution is -2.45. The smallest absolute Gasteiger partial charge is 0.0439 e. The molecule has 1 heterocycles. The molecule has 5 heteroatoms. The van der Waals surface area contributed by atoms with Gasteiger partial charge < -0.3 is 5.32 Å². The zero-order valence-electron chi connectivity index (χ0n) is 11.9. The largest absolute Gasteiger partial charge is 0.316 e. The molecule has 2 rings (SSSR count). The molecular weight excluding hydrogens is 329 g/mol. The molecule has 20 heavy (non-hydrogen) atoms. The zero-order valence-corrected chi connectivity index (χ0v) is 15.0. The van der Waals surface area contributed by atoms with Crippen molar-refractivity contribution in [2.75, 3.05) is 18.6 Å². The van der Waals surface area contributed by atoms with Gasteiger partial charge in [0.2, 0.25) is 0 Å². The number of halogens is 2. The molecule has 0 aliphatic carbocycles. The van der Waals surface area contributed by atoms with Gasteiger partial charge in [-0.05, 0) is 43.7 Å². The van der Waals surface area contributed by atoms with Gasteiger partial charge >= 0.3 is 0 Å². The maximum absolute atomic E-state index is 6.31. The van der Waals surface area contributed by atoms with Gasteiger partial charge in [-0.25, -0.2) is 0 Å². The number of hydrogen-bond acceptors (Lipinski definition) is 3. The van der Waals surface area contributed by atoms with E-state index in [-0.39, 0.29) is 0 Å². The Balaban J connectivity index is 2.13. The predicted octanol–water partition coefficient (Wildman–Crippen LogP) is 4.75. The topological polar surface area (TPSA) is 12.0 Å². The first-order chi connectivity index (χ1) is 9.65. The third-order valence-electron chi connectivity index (χ3n) is 3.71. The van der Waals surface area contributed by atoms with E-state index in [1.54, 1.807) is 0 Å². The molecule has 0 spiro atoms. The molecule has 3 atom stereocenters. The van der Waals surface area contributed by atoms with Gasteiger partial charge in [-0.2, -0.15) is 23.5 Å². The van der Waals surface area contributed by atoms with Crippen molar-refractivity contribution in [3.8, 4) is 0 Å². The van der Waals surface area contributed by atoms with Gasteiger partial charge in [-0.1, -0.05) is 30.1 Å². The van der Waals surface area contributed by atoms with Gasteiger partial charge in [0.25, 0.3) is 0 Å². The highest BCUT2D eigenvalue weighted by Gasteiger charge is 2.31. The maximum Gasteiger partial charge on any atom is 0.0439 e. The standard InChI is InChI=1S/C15H21Cl2NS2/c1-3-14-15(20-7-6-19-14)13(18-2)9-10-8-11(16)4-5-12(10)17/h4-5,8,13-15,18H,3,6-7,9H2,1-2H3. The Morgan fingerprint density at radius 3 is 2.75 bits per heavy atom. The third kappa shape index (κ3) is 4.23. The summed E-state index contributed by atoms with van der Waals surface area (Å²) in [6.45, 7) is 2.29. The van der Waals surface area contributed by atoms with Crippen molar-refractivity contribution in [1.29, 1.82) is 0 Å². The van der Waals surface area contributed by atoms with Crippen LogP contribution in [0, 0.1) is 0 Å². The predicted molar refractivity (Wildman–Crippen MR) is 95.8 cm³/mol. The van der Waals surface area contributed by atoms with Crippen LogP contribution in [0.4, 0.5) is 0 Å². The van der Waals surface area contributed by atoms with E-state index < -0.39 is 0 Å². The van der Waals surface area contributed by atoms with Crippen LogP contribution in [-0.2, 0) is 6.42 Å². The van der Waals surface area contributed by atoms with Gasteiger partial charge in [0, 0.05) is 38.1 Å². The summed E-state index contributed by atoms with van der Waals surface area (Å²) in [5, 5.41) is 6.44. The van der Waals surface area contributed by atoms with Crippen molar-refractivity contribution in [2.45, 2.75) is 36.3 Å². The Hall–Kier alpha value is 0.460. The van der Waals surface area contributed by atoms with Crippen molar-refractivity contribution in [2.24, 2.45) is 0 Å². The molecule has 1 aromatic carbocycles. The number of benzene rings is 1. The number of nitrogens with one attached hydrogen (secondary N) is 1. The fourth-order valence-corrected chi connectivity index (χ4v) is 6.32. The second-order valence-corrected chi connectivity index (χ2v) is 8.46. The summed E-state index contributed by atoms with van der Waals surface area (Å²) < 4.78 is 0. The van der Waals surface area contributed by atoms with Crippen molar-refractivity contribution in [3.05, 3.63) is 33.8 Å². The van der Waals surface area contributed by atoms with Crippen LogP contribution in [0.15, 0.2) is 18.2 Å². The van der Waals surface area contributed by atoms with Gasteiger partial charge in [0.15, 0.2) is 0 Å². The lowest BCUT2D eigenvalue weighted by molar-refractivity contribution is 0.517. The van der Waals surface area contributed by atoms with Crippen LogP contribution in [0.2, 0.25) is 10.0 Å². The first kappa shape index (κ1) is 16.8. The molecule has 1 fully saturated rings. The fourth-order valence-electron chi connectivity index (χ4n) is 2.63. The summed E-state index contributed by atoms with van der Waals surface area (Å²) in [4.78, 5) is 0. The molecule has 1 saturated heterocycles. The van der Waals surface area contributed by atoms with Crippen LogP contribution in [0.3, 0.4) is 0 Å². The highest BCUT2D eigenvalue weighted by molar-refractivity contribution is 8.07. The molecule has 1 aromatic rings. The Bertz CT molecular complexity index is 442. The van der Waals surface area contributed by atoms with E-state index in [0.29, 0.717) is 11.3 Å². The van der Waals surface area contributed by atoms with E-state index in [2.05, 4.69) is 42.8 Å². The second-order valence-electron chi connectivity index (χ2n) is 4.99. The van der Waals surface area contributed by atoms with E-state index in [1.807, 2.05) is 18.2 Å². The average Bonchev–Trinajstić information content (AvgIpc) is 2.48. The molecule has 1 nitrogen and oxygen atoms in total. The molecule has 0 bridgehead atoms. The quantitative estimate of drug-likeness (QED) is 0.823. The lowest BCUT2D eigenvalue weighted by atomic mass is 10.00.